The molecule has 0 bridgehead atoms. The van der Waals surface area contributed by atoms with Gasteiger partial charge < -0.3 is 28.4 Å². The lowest BCUT2D eigenvalue weighted by Crippen LogP contribution is -2.25. The number of rotatable bonds is 8. The van der Waals surface area contributed by atoms with Gasteiger partial charge >= 0.3 is 12.3 Å². The van der Waals surface area contributed by atoms with Crippen molar-refractivity contribution in [2.75, 3.05) is 7.11 Å². The molecule has 0 aliphatic carbocycles. The molecule has 39 heavy (non-hydrogen) atoms. The van der Waals surface area contributed by atoms with Crippen molar-refractivity contribution in [2.45, 2.75) is 32.7 Å². The average molecular weight is 540 g/mol. The molecule has 11 heteroatoms. The lowest BCUT2D eigenvalue weighted by molar-refractivity contribution is -0.274. The van der Waals surface area contributed by atoms with Crippen LogP contribution in [0.1, 0.15) is 19.0 Å². The summed E-state index contributed by atoms with van der Waals surface area (Å²) in [7, 11) is 1.54. The molecule has 2 aromatic heterocycles. The summed E-state index contributed by atoms with van der Waals surface area (Å²) in [5, 5.41) is 15.0. The van der Waals surface area contributed by atoms with E-state index in [1.807, 2.05) is 6.92 Å². The van der Waals surface area contributed by atoms with Crippen molar-refractivity contribution < 1.29 is 41.8 Å². The molecule has 0 amide bonds. The van der Waals surface area contributed by atoms with Gasteiger partial charge in [-0.1, -0.05) is 18.1 Å². The summed E-state index contributed by atoms with van der Waals surface area (Å²) in [5.41, 5.74) is 3.24. The number of benzene rings is 3. The normalized spacial score (nSPS) is 12.6. The Balaban J connectivity index is 1.73. The first kappa shape index (κ1) is 26.0. The predicted molar refractivity (Wildman–Crippen MR) is 137 cm³/mol. The number of aromatic nitrogens is 2. The van der Waals surface area contributed by atoms with Crippen molar-refractivity contribution in [3.63, 3.8) is 0 Å². The maximum Gasteiger partial charge on any atom is 0.573 e. The molecule has 5 aromatic rings. The van der Waals surface area contributed by atoms with E-state index in [9.17, 15) is 23.1 Å². The van der Waals surface area contributed by atoms with Crippen molar-refractivity contribution in [3.8, 4) is 34.2 Å². The zero-order chi connectivity index (χ0) is 27.9. The fraction of sp³-hybridized carbons (Fsp3) is 0.214. The standard InChI is InChI=1S/C28H23F3N2O6/c1-4-23(27(34)35)37-18-7-5-6-16(12-18)33-15(2)25(20-10-9-19(13-22(20)33)38-28(29,30)31)26-21-11-8-17(36-3)14-24(21)39-32-26/h5-14,23H,4H2,1-3H3,(H,34,35)/t23-/m0/s1. The number of alkyl halides is 3. The van der Waals surface area contributed by atoms with Crippen LogP contribution in [0.5, 0.6) is 17.2 Å². The summed E-state index contributed by atoms with van der Waals surface area (Å²) >= 11 is 0. The second kappa shape index (κ2) is 9.90. The largest absolute Gasteiger partial charge is 0.573 e. The lowest BCUT2D eigenvalue weighted by atomic mass is 10.0. The summed E-state index contributed by atoms with van der Waals surface area (Å²) in [6.07, 6.45) is -5.68. The molecule has 0 unspecified atom stereocenters. The maximum absolute atomic E-state index is 13.1. The zero-order valence-corrected chi connectivity index (χ0v) is 21.1. The van der Waals surface area contributed by atoms with Crippen LogP contribution in [-0.2, 0) is 4.79 Å². The number of ether oxygens (including phenoxy) is 3. The molecule has 3 aromatic carbocycles. The molecular formula is C28H23F3N2O6. The molecule has 1 atom stereocenters. The molecule has 0 saturated heterocycles. The minimum absolute atomic E-state index is 0.247. The molecule has 0 spiro atoms. The van der Waals surface area contributed by atoms with Crippen molar-refractivity contribution in [1.29, 1.82) is 0 Å². The maximum atomic E-state index is 13.1. The summed E-state index contributed by atoms with van der Waals surface area (Å²) in [4.78, 5) is 11.5. The van der Waals surface area contributed by atoms with Crippen LogP contribution >= 0.6 is 0 Å². The molecule has 0 fully saturated rings. The molecule has 202 valence electrons. The molecule has 0 aliphatic heterocycles. The second-order valence-corrected chi connectivity index (χ2v) is 8.77. The summed E-state index contributed by atoms with van der Waals surface area (Å²) in [6.45, 7) is 3.50. The number of aliphatic carboxylic acids is 1. The lowest BCUT2D eigenvalue weighted by Gasteiger charge is -2.15. The highest BCUT2D eigenvalue weighted by atomic mass is 19.4. The molecule has 1 N–H and O–H groups in total. The van der Waals surface area contributed by atoms with Crippen LogP contribution in [0.25, 0.3) is 38.8 Å². The smallest absolute Gasteiger partial charge is 0.497 e. The Morgan fingerprint density at radius 2 is 1.79 bits per heavy atom. The van der Waals surface area contributed by atoms with Gasteiger partial charge in [-0.2, -0.15) is 0 Å². The number of halogens is 3. The number of carbonyl (C=O) groups is 1. The highest BCUT2D eigenvalue weighted by Crippen LogP contribution is 2.41. The van der Waals surface area contributed by atoms with E-state index in [1.54, 1.807) is 54.0 Å². The van der Waals surface area contributed by atoms with Gasteiger partial charge in [0.1, 0.15) is 22.9 Å². The van der Waals surface area contributed by atoms with E-state index >= 15 is 0 Å². The van der Waals surface area contributed by atoms with Gasteiger partial charge in [0.2, 0.25) is 0 Å². The van der Waals surface area contributed by atoms with Crippen LogP contribution in [-0.4, -0.2) is 40.4 Å². The first-order valence-electron chi connectivity index (χ1n) is 11.9. The monoisotopic (exact) mass is 540 g/mol. The number of hydrogen-bond donors (Lipinski definition) is 1. The summed E-state index contributed by atoms with van der Waals surface area (Å²) in [5.74, 6) is -0.608. The van der Waals surface area contributed by atoms with E-state index < -0.39 is 18.4 Å². The number of methoxy groups -OCH3 is 1. The van der Waals surface area contributed by atoms with E-state index in [0.29, 0.717) is 56.0 Å². The highest BCUT2D eigenvalue weighted by molar-refractivity contribution is 6.05. The third-order valence-electron chi connectivity index (χ3n) is 6.33. The average Bonchev–Trinajstić information content (AvgIpc) is 3.42. The van der Waals surface area contributed by atoms with Gasteiger partial charge in [0.15, 0.2) is 11.7 Å². The Morgan fingerprint density at radius 1 is 1.05 bits per heavy atom. The highest BCUT2D eigenvalue weighted by Gasteiger charge is 2.32. The van der Waals surface area contributed by atoms with E-state index in [2.05, 4.69) is 9.89 Å². The van der Waals surface area contributed by atoms with E-state index in [-0.39, 0.29) is 12.2 Å². The van der Waals surface area contributed by atoms with Crippen LogP contribution in [0.4, 0.5) is 13.2 Å². The Morgan fingerprint density at radius 3 is 2.49 bits per heavy atom. The third kappa shape index (κ3) is 4.95. The van der Waals surface area contributed by atoms with Crippen LogP contribution in [0.15, 0.2) is 65.2 Å². The number of nitrogens with zero attached hydrogens (tertiary/aromatic N) is 2. The van der Waals surface area contributed by atoms with Gasteiger partial charge in [-0.05, 0) is 49.7 Å². The fourth-order valence-electron chi connectivity index (χ4n) is 4.62. The molecule has 2 heterocycles. The Hall–Kier alpha value is -4.67. The van der Waals surface area contributed by atoms with Crippen LogP contribution < -0.4 is 14.2 Å². The van der Waals surface area contributed by atoms with Gasteiger partial charge in [0.25, 0.3) is 0 Å². The quantitative estimate of drug-likeness (QED) is 0.229. The van der Waals surface area contributed by atoms with Gasteiger partial charge in [-0.15, -0.1) is 13.2 Å². The Labute approximate surface area is 220 Å². The van der Waals surface area contributed by atoms with E-state index in [4.69, 9.17) is 14.0 Å². The number of fused-ring (bicyclic) bond motifs is 2. The van der Waals surface area contributed by atoms with Crippen LogP contribution in [0, 0.1) is 6.92 Å². The zero-order valence-electron chi connectivity index (χ0n) is 21.1. The third-order valence-corrected chi connectivity index (χ3v) is 6.33. The number of hydrogen-bond acceptors (Lipinski definition) is 6. The molecule has 0 radical (unpaired) electrons. The summed E-state index contributed by atoms with van der Waals surface area (Å²) < 4.78 is 61.6. The molecule has 0 saturated carbocycles. The van der Waals surface area contributed by atoms with Crippen LogP contribution in [0.2, 0.25) is 0 Å². The predicted octanol–water partition coefficient (Wildman–Crippen LogP) is 6.90. The van der Waals surface area contributed by atoms with E-state index in [1.165, 1.54) is 25.3 Å². The fourth-order valence-corrected chi connectivity index (χ4v) is 4.62. The van der Waals surface area contributed by atoms with Crippen molar-refractivity contribution in [2.24, 2.45) is 0 Å². The topological polar surface area (TPSA) is 96.0 Å². The second-order valence-electron chi connectivity index (χ2n) is 8.77. The number of carboxylic acids is 1. The van der Waals surface area contributed by atoms with Crippen molar-refractivity contribution in [1.82, 2.24) is 9.72 Å². The molecule has 0 aliphatic rings. The van der Waals surface area contributed by atoms with Crippen molar-refractivity contribution >= 4 is 27.8 Å². The number of carboxylic acid groups (broad SMARTS) is 1. The molecule has 5 rings (SSSR count). The molecular weight excluding hydrogens is 517 g/mol. The first-order valence-corrected chi connectivity index (χ1v) is 11.9. The van der Waals surface area contributed by atoms with Crippen LogP contribution in [0.3, 0.4) is 0 Å². The Bertz CT molecular complexity index is 1690. The minimum Gasteiger partial charge on any atom is -0.497 e. The molecule has 8 nitrogen and oxygen atoms in total. The SMILES string of the molecule is CC[C@H](Oc1cccc(-n2c(C)c(-c3noc4cc(OC)ccc34)c3ccc(OC(F)(F)F)cc32)c1)C(=O)O. The van der Waals surface area contributed by atoms with Gasteiger partial charge in [0, 0.05) is 40.5 Å². The van der Waals surface area contributed by atoms with E-state index in [0.717, 1.165) is 0 Å². The Kier molecular flexibility index (Phi) is 6.59. The van der Waals surface area contributed by atoms with Gasteiger partial charge in [-0.25, -0.2) is 4.79 Å². The minimum atomic E-state index is -4.87. The summed E-state index contributed by atoms with van der Waals surface area (Å²) in [6, 6.07) is 16.0. The van der Waals surface area contributed by atoms with Gasteiger partial charge in [-0.3, -0.25) is 0 Å². The first-order chi connectivity index (χ1) is 18.6. The van der Waals surface area contributed by atoms with Crippen molar-refractivity contribution in [3.05, 3.63) is 66.4 Å². The van der Waals surface area contributed by atoms with Gasteiger partial charge in [0.05, 0.1) is 18.0 Å².